The van der Waals surface area contributed by atoms with E-state index >= 15 is 0 Å². The summed E-state index contributed by atoms with van der Waals surface area (Å²) in [5, 5.41) is 9.50. The Morgan fingerprint density at radius 1 is 1.57 bits per heavy atom. The highest BCUT2D eigenvalue weighted by molar-refractivity contribution is 6.31. The van der Waals surface area contributed by atoms with E-state index in [2.05, 4.69) is 4.74 Å². The van der Waals surface area contributed by atoms with Crippen LogP contribution in [0.5, 0.6) is 5.75 Å². The number of amides is 1. The van der Waals surface area contributed by atoms with E-state index < -0.39 is 6.09 Å². The van der Waals surface area contributed by atoms with Crippen molar-refractivity contribution in [1.82, 2.24) is 0 Å². The predicted octanol–water partition coefficient (Wildman–Crippen LogP) is 1.68. The quantitative estimate of drug-likeness (QED) is 0.806. The molecule has 3 N–H and O–H groups in total. The molecule has 5 heteroatoms. The molecule has 1 amide bonds. The van der Waals surface area contributed by atoms with Crippen molar-refractivity contribution in [3.05, 3.63) is 28.8 Å². The van der Waals surface area contributed by atoms with Crippen LogP contribution in [0.1, 0.15) is 5.56 Å². The van der Waals surface area contributed by atoms with Gasteiger partial charge in [0.2, 0.25) is 0 Å². The molecule has 0 saturated carbocycles. The number of carbonyl (C=O) groups is 1. The van der Waals surface area contributed by atoms with E-state index in [0.717, 1.165) is 5.56 Å². The first-order valence-corrected chi connectivity index (χ1v) is 4.37. The molecule has 76 valence electrons. The third-order valence-electron chi connectivity index (χ3n) is 1.65. The van der Waals surface area contributed by atoms with E-state index in [9.17, 15) is 4.79 Å². The minimum atomic E-state index is -0.806. The van der Waals surface area contributed by atoms with Gasteiger partial charge in [0.25, 0.3) is 0 Å². The number of ether oxygens (including phenoxy) is 1. The van der Waals surface area contributed by atoms with Crippen LogP contribution in [0.3, 0.4) is 0 Å². The number of aromatic hydroxyl groups is 1. The van der Waals surface area contributed by atoms with Gasteiger partial charge in [0, 0.05) is 11.4 Å². The highest BCUT2D eigenvalue weighted by Crippen LogP contribution is 2.21. The number of halogens is 1. The van der Waals surface area contributed by atoms with Crippen molar-refractivity contribution >= 4 is 17.7 Å². The maximum atomic E-state index is 10.3. The van der Waals surface area contributed by atoms with Crippen molar-refractivity contribution in [2.75, 3.05) is 6.61 Å². The lowest BCUT2D eigenvalue weighted by Gasteiger charge is -2.04. The number of carbonyl (C=O) groups excluding carboxylic acids is 1. The molecule has 14 heavy (non-hydrogen) atoms. The summed E-state index contributed by atoms with van der Waals surface area (Å²) in [5.41, 5.74) is 5.58. The predicted molar refractivity (Wildman–Crippen MR) is 52.4 cm³/mol. The third-order valence-corrected chi connectivity index (χ3v) is 2.00. The fraction of sp³-hybridized carbons (Fsp3) is 0.222. The van der Waals surface area contributed by atoms with E-state index in [4.69, 9.17) is 22.4 Å². The molecular weight excluding hydrogens is 206 g/mol. The van der Waals surface area contributed by atoms with Crippen molar-refractivity contribution in [1.29, 1.82) is 0 Å². The summed E-state index contributed by atoms with van der Waals surface area (Å²) in [6, 6.07) is 4.62. The molecule has 0 saturated heterocycles. The van der Waals surface area contributed by atoms with Crippen LogP contribution in [-0.2, 0) is 11.2 Å². The Hall–Kier alpha value is -1.42. The van der Waals surface area contributed by atoms with Gasteiger partial charge in [-0.25, -0.2) is 4.79 Å². The van der Waals surface area contributed by atoms with Crippen LogP contribution in [0.25, 0.3) is 0 Å². The van der Waals surface area contributed by atoms with Gasteiger partial charge in [-0.15, -0.1) is 0 Å². The largest absolute Gasteiger partial charge is 0.508 e. The second-order valence-corrected chi connectivity index (χ2v) is 3.10. The number of nitrogens with two attached hydrogens (primary N) is 1. The zero-order valence-corrected chi connectivity index (χ0v) is 8.12. The summed E-state index contributed by atoms with van der Waals surface area (Å²) in [6.45, 7) is 0.180. The summed E-state index contributed by atoms with van der Waals surface area (Å²) < 4.78 is 4.55. The minimum Gasteiger partial charge on any atom is -0.508 e. The number of phenolic OH excluding ortho intramolecular Hbond substituents is 1. The highest BCUT2D eigenvalue weighted by atomic mass is 35.5. The molecule has 4 nitrogen and oxygen atoms in total. The standard InChI is InChI=1S/C9H10ClNO3/c10-8-5-7(12)2-1-6(8)3-4-14-9(11)13/h1-2,5,12H,3-4H2,(H2,11,13). The van der Waals surface area contributed by atoms with Crippen LogP contribution in [0.2, 0.25) is 5.02 Å². The number of hydrogen-bond donors (Lipinski definition) is 2. The summed E-state index contributed by atoms with van der Waals surface area (Å²) >= 11 is 5.81. The molecule has 1 rings (SSSR count). The summed E-state index contributed by atoms with van der Waals surface area (Å²) in [5.74, 6) is 0.106. The van der Waals surface area contributed by atoms with Crippen molar-refractivity contribution < 1.29 is 14.6 Å². The van der Waals surface area contributed by atoms with Gasteiger partial charge in [-0.3, -0.25) is 0 Å². The van der Waals surface area contributed by atoms with Crippen molar-refractivity contribution in [2.45, 2.75) is 6.42 Å². The number of phenols is 1. The normalized spacial score (nSPS) is 9.79. The second-order valence-electron chi connectivity index (χ2n) is 2.69. The summed E-state index contributed by atoms with van der Waals surface area (Å²) in [6.07, 6.45) is -0.331. The first-order valence-electron chi connectivity index (χ1n) is 3.99. The van der Waals surface area contributed by atoms with Crippen LogP contribution in [0.4, 0.5) is 4.79 Å². The van der Waals surface area contributed by atoms with Crippen LogP contribution in [0, 0.1) is 0 Å². The molecule has 1 aromatic rings. The molecule has 0 fully saturated rings. The second kappa shape index (κ2) is 4.72. The Bertz CT molecular complexity index is 341. The fourth-order valence-corrected chi connectivity index (χ4v) is 1.27. The lowest BCUT2D eigenvalue weighted by atomic mass is 10.1. The first-order chi connectivity index (χ1) is 6.59. The van der Waals surface area contributed by atoms with Gasteiger partial charge < -0.3 is 15.6 Å². The summed E-state index contributed by atoms with van der Waals surface area (Å²) in [7, 11) is 0. The SMILES string of the molecule is NC(=O)OCCc1ccc(O)cc1Cl. The Balaban J connectivity index is 2.55. The molecule has 0 radical (unpaired) electrons. The smallest absolute Gasteiger partial charge is 0.404 e. The topological polar surface area (TPSA) is 72.6 Å². The fourth-order valence-electron chi connectivity index (χ4n) is 1.00. The van der Waals surface area contributed by atoms with E-state index in [1.165, 1.54) is 12.1 Å². The van der Waals surface area contributed by atoms with Crippen LogP contribution in [0.15, 0.2) is 18.2 Å². The van der Waals surface area contributed by atoms with Crippen molar-refractivity contribution in [3.63, 3.8) is 0 Å². The number of benzene rings is 1. The maximum absolute atomic E-state index is 10.3. The van der Waals surface area contributed by atoms with Crippen molar-refractivity contribution in [2.24, 2.45) is 5.73 Å². The van der Waals surface area contributed by atoms with Gasteiger partial charge in [0.05, 0.1) is 6.61 Å². The van der Waals surface area contributed by atoms with Gasteiger partial charge in [-0.2, -0.15) is 0 Å². The monoisotopic (exact) mass is 215 g/mol. The lowest BCUT2D eigenvalue weighted by Crippen LogP contribution is -2.14. The zero-order valence-electron chi connectivity index (χ0n) is 7.37. The van der Waals surface area contributed by atoms with E-state index in [-0.39, 0.29) is 12.4 Å². The summed E-state index contributed by atoms with van der Waals surface area (Å²) in [4.78, 5) is 10.3. The highest BCUT2D eigenvalue weighted by Gasteiger charge is 2.02. The van der Waals surface area contributed by atoms with Crippen LogP contribution >= 0.6 is 11.6 Å². The lowest BCUT2D eigenvalue weighted by molar-refractivity contribution is 0.158. The average Bonchev–Trinajstić information content (AvgIpc) is 2.08. The number of hydrogen-bond acceptors (Lipinski definition) is 3. The zero-order chi connectivity index (χ0) is 10.6. The molecule has 0 bridgehead atoms. The average molecular weight is 216 g/mol. The Morgan fingerprint density at radius 3 is 2.86 bits per heavy atom. The molecule has 0 unspecified atom stereocenters. The molecule has 0 aliphatic heterocycles. The molecule has 0 spiro atoms. The molecule has 1 aromatic carbocycles. The van der Waals surface area contributed by atoms with Gasteiger partial charge in [-0.1, -0.05) is 17.7 Å². The van der Waals surface area contributed by atoms with Crippen LogP contribution in [-0.4, -0.2) is 17.8 Å². The van der Waals surface area contributed by atoms with Crippen molar-refractivity contribution in [3.8, 4) is 5.75 Å². The number of rotatable bonds is 3. The van der Waals surface area contributed by atoms with E-state index in [1.807, 2.05) is 0 Å². The molecule has 0 atom stereocenters. The van der Waals surface area contributed by atoms with E-state index in [0.29, 0.717) is 11.4 Å². The number of primary amides is 1. The van der Waals surface area contributed by atoms with Gasteiger partial charge >= 0.3 is 6.09 Å². The molecule has 0 aliphatic carbocycles. The molecular formula is C9H10ClNO3. The van der Waals surface area contributed by atoms with Gasteiger partial charge in [0.15, 0.2) is 0 Å². The third kappa shape index (κ3) is 3.14. The molecule has 0 aliphatic rings. The molecule has 0 heterocycles. The Kier molecular flexibility index (Phi) is 3.59. The Labute approximate surface area is 86.2 Å². The van der Waals surface area contributed by atoms with Crippen LogP contribution < -0.4 is 5.73 Å². The maximum Gasteiger partial charge on any atom is 0.404 e. The Morgan fingerprint density at radius 2 is 2.29 bits per heavy atom. The van der Waals surface area contributed by atoms with Gasteiger partial charge in [0.1, 0.15) is 5.75 Å². The first kappa shape index (κ1) is 10.7. The van der Waals surface area contributed by atoms with E-state index in [1.54, 1.807) is 6.07 Å². The molecule has 0 aromatic heterocycles. The van der Waals surface area contributed by atoms with Gasteiger partial charge in [-0.05, 0) is 17.7 Å². The minimum absolute atomic E-state index is 0.106.